The molecule has 6 nitrogen and oxygen atoms in total. The van der Waals surface area contributed by atoms with E-state index in [0.717, 1.165) is 21.5 Å². The molecule has 0 bridgehead atoms. The van der Waals surface area contributed by atoms with E-state index < -0.39 is 0 Å². The number of ether oxygens (including phenoxy) is 2. The Hall–Kier alpha value is -2.67. The second-order valence-corrected chi connectivity index (χ2v) is 7.28. The molecular weight excluding hydrogens is 350 g/mol. The van der Waals surface area contributed by atoms with Gasteiger partial charge in [-0.05, 0) is 30.5 Å². The van der Waals surface area contributed by atoms with E-state index in [2.05, 4.69) is 15.3 Å². The summed E-state index contributed by atoms with van der Waals surface area (Å²) < 4.78 is 10.8. The number of aryl methyl sites for hydroxylation is 1. The average Bonchev–Trinajstić information content (AvgIpc) is 2.98. The summed E-state index contributed by atoms with van der Waals surface area (Å²) >= 11 is 1.32. The van der Waals surface area contributed by atoms with Crippen LogP contribution in [0.2, 0.25) is 0 Å². The summed E-state index contributed by atoms with van der Waals surface area (Å²) in [6.45, 7) is 6.30. The fourth-order valence-electron chi connectivity index (χ4n) is 2.54. The first-order valence-corrected chi connectivity index (χ1v) is 9.14. The van der Waals surface area contributed by atoms with Crippen molar-refractivity contribution in [1.82, 2.24) is 9.97 Å². The molecule has 2 aromatic heterocycles. The van der Waals surface area contributed by atoms with Crippen molar-refractivity contribution < 1.29 is 14.3 Å². The van der Waals surface area contributed by atoms with Gasteiger partial charge >= 0.3 is 5.97 Å². The number of methoxy groups -OCH3 is 1. The van der Waals surface area contributed by atoms with Gasteiger partial charge in [-0.25, -0.2) is 14.8 Å². The molecule has 0 saturated heterocycles. The lowest BCUT2D eigenvalue weighted by Crippen LogP contribution is -2.09. The number of thiophene rings is 1. The molecule has 0 aliphatic carbocycles. The molecule has 0 spiro atoms. The number of rotatable bonds is 6. The SMILES string of the molecule is COc1ccccc1Nc1ncnc2sc(C(=O)OCC(C)C)c(C)c12. The highest BCUT2D eigenvalue weighted by molar-refractivity contribution is 7.20. The summed E-state index contributed by atoms with van der Waals surface area (Å²) in [6, 6.07) is 7.60. The number of aromatic nitrogens is 2. The number of carbonyl (C=O) groups is 1. The van der Waals surface area contributed by atoms with Gasteiger partial charge in [0.15, 0.2) is 0 Å². The van der Waals surface area contributed by atoms with E-state index in [0.29, 0.717) is 23.1 Å². The Labute approximate surface area is 156 Å². The number of para-hydroxylation sites is 2. The van der Waals surface area contributed by atoms with Gasteiger partial charge in [0, 0.05) is 0 Å². The Kier molecular flexibility index (Phi) is 5.37. The van der Waals surface area contributed by atoms with Crippen molar-refractivity contribution >= 4 is 39.0 Å². The van der Waals surface area contributed by atoms with Crippen LogP contribution in [0.1, 0.15) is 29.1 Å². The van der Waals surface area contributed by atoms with Gasteiger partial charge in [-0.2, -0.15) is 0 Å². The number of benzene rings is 1. The molecule has 1 N–H and O–H groups in total. The third-order valence-electron chi connectivity index (χ3n) is 3.82. The van der Waals surface area contributed by atoms with Crippen molar-refractivity contribution in [2.45, 2.75) is 20.8 Å². The molecule has 1 aromatic carbocycles. The molecule has 2 heterocycles. The first-order valence-electron chi connectivity index (χ1n) is 8.32. The van der Waals surface area contributed by atoms with Crippen molar-refractivity contribution in [1.29, 1.82) is 0 Å². The number of nitrogens with zero attached hydrogens (tertiary/aromatic N) is 2. The maximum atomic E-state index is 12.4. The molecule has 0 amide bonds. The van der Waals surface area contributed by atoms with Crippen LogP contribution in [0.15, 0.2) is 30.6 Å². The molecule has 7 heteroatoms. The van der Waals surface area contributed by atoms with Gasteiger partial charge in [0.1, 0.15) is 27.6 Å². The fourth-order valence-corrected chi connectivity index (χ4v) is 3.59. The second-order valence-electron chi connectivity index (χ2n) is 6.28. The van der Waals surface area contributed by atoms with Gasteiger partial charge in [-0.15, -0.1) is 11.3 Å². The first-order chi connectivity index (χ1) is 12.5. The summed E-state index contributed by atoms with van der Waals surface area (Å²) in [5.74, 6) is 1.32. The Morgan fingerprint density at radius 3 is 2.77 bits per heavy atom. The van der Waals surface area contributed by atoms with E-state index in [9.17, 15) is 4.79 Å². The van der Waals surface area contributed by atoms with Crippen LogP contribution in [-0.4, -0.2) is 29.7 Å². The molecule has 0 unspecified atom stereocenters. The highest BCUT2D eigenvalue weighted by Crippen LogP contribution is 2.36. The van der Waals surface area contributed by atoms with E-state index in [1.807, 2.05) is 45.0 Å². The van der Waals surface area contributed by atoms with Gasteiger partial charge in [0.05, 0.1) is 24.8 Å². The van der Waals surface area contributed by atoms with Gasteiger partial charge in [-0.1, -0.05) is 26.0 Å². The lowest BCUT2D eigenvalue weighted by atomic mass is 10.2. The Bertz CT molecular complexity index is 937. The van der Waals surface area contributed by atoms with Crippen molar-refractivity contribution in [3.8, 4) is 5.75 Å². The smallest absolute Gasteiger partial charge is 0.348 e. The van der Waals surface area contributed by atoms with Crippen molar-refractivity contribution in [2.24, 2.45) is 5.92 Å². The first kappa shape index (κ1) is 18.1. The Morgan fingerprint density at radius 1 is 1.27 bits per heavy atom. The van der Waals surface area contributed by atoms with E-state index in [-0.39, 0.29) is 11.9 Å². The predicted molar refractivity (Wildman–Crippen MR) is 104 cm³/mol. The van der Waals surface area contributed by atoms with E-state index in [1.54, 1.807) is 7.11 Å². The number of fused-ring (bicyclic) bond motifs is 1. The van der Waals surface area contributed by atoms with Gasteiger partial charge in [-0.3, -0.25) is 0 Å². The lowest BCUT2D eigenvalue weighted by Gasteiger charge is -2.11. The molecule has 136 valence electrons. The quantitative estimate of drug-likeness (QED) is 0.640. The van der Waals surface area contributed by atoms with Crippen LogP contribution in [0, 0.1) is 12.8 Å². The topological polar surface area (TPSA) is 73.3 Å². The number of esters is 1. The van der Waals surface area contributed by atoms with Crippen LogP contribution in [0.3, 0.4) is 0 Å². The van der Waals surface area contributed by atoms with E-state index >= 15 is 0 Å². The maximum Gasteiger partial charge on any atom is 0.348 e. The van der Waals surface area contributed by atoms with Crippen LogP contribution in [0.5, 0.6) is 5.75 Å². The molecule has 0 aliphatic heterocycles. The van der Waals surface area contributed by atoms with Gasteiger partial charge < -0.3 is 14.8 Å². The van der Waals surface area contributed by atoms with Crippen molar-refractivity contribution in [3.63, 3.8) is 0 Å². The highest BCUT2D eigenvalue weighted by Gasteiger charge is 2.21. The summed E-state index contributed by atoms with van der Waals surface area (Å²) in [7, 11) is 1.62. The normalized spacial score (nSPS) is 11.0. The maximum absolute atomic E-state index is 12.4. The van der Waals surface area contributed by atoms with Crippen molar-refractivity contribution in [2.75, 3.05) is 19.0 Å². The molecular formula is C19H21N3O3S. The summed E-state index contributed by atoms with van der Waals surface area (Å²) in [5.41, 5.74) is 1.61. The Morgan fingerprint density at radius 2 is 2.04 bits per heavy atom. The number of hydrogen-bond donors (Lipinski definition) is 1. The van der Waals surface area contributed by atoms with Gasteiger partial charge in [0.25, 0.3) is 0 Å². The van der Waals surface area contributed by atoms with Gasteiger partial charge in [0.2, 0.25) is 0 Å². The van der Waals surface area contributed by atoms with Crippen LogP contribution >= 0.6 is 11.3 Å². The molecule has 3 rings (SSSR count). The molecule has 26 heavy (non-hydrogen) atoms. The minimum atomic E-state index is -0.317. The molecule has 0 fully saturated rings. The minimum absolute atomic E-state index is 0.288. The zero-order chi connectivity index (χ0) is 18.7. The monoisotopic (exact) mass is 371 g/mol. The summed E-state index contributed by atoms with van der Waals surface area (Å²) in [6.07, 6.45) is 1.49. The number of carbonyl (C=O) groups excluding carboxylic acids is 1. The van der Waals surface area contributed by atoms with Crippen LogP contribution in [0.25, 0.3) is 10.2 Å². The van der Waals surface area contributed by atoms with E-state index in [1.165, 1.54) is 17.7 Å². The molecule has 3 aromatic rings. The molecule has 0 saturated carbocycles. The third kappa shape index (κ3) is 3.62. The predicted octanol–water partition coefficient (Wildman–Crippen LogP) is 4.56. The average molecular weight is 371 g/mol. The van der Waals surface area contributed by atoms with Crippen LogP contribution in [0.4, 0.5) is 11.5 Å². The summed E-state index contributed by atoms with van der Waals surface area (Å²) in [4.78, 5) is 22.4. The third-order valence-corrected chi connectivity index (χ3v) is 5.00. The summed E-state index contributed by atoms with van der Waals surface area (Å²) in [5, 5.41) is 4.11. The zero-order valence-corrected chi connectivity index (χ0v) is 16.0. The minimum Gasteiger partial charge on any atom is -0.495 e. The highest BCUT2D eigenvalue weighted by atomic mass is 32.1. The van der Waals surface area contributed by atoms with Crippen LogP contribution in [-0.2, 0) is 4.74 Å². The molecule has 0 aliphatic rings. The molecule has 0 radical (unpaired) electrons. The molecule has 0 atom stereocenters. The largest absolute Gasteiger partial charge is 0.495 e. The second kappa shape index (κ2) is 7.70. The number of anilines is 2. The fraction of sp³-hybridized carbons (Fsp3) is 0.316. The van der Waals surface area contributed by atoms with Crippen molar-refractivity contribution in [3.05, 3.63) is 41.0 Å². The zero-order valence-electron chi connectivity index (χ0n) is 15.2. The van der Waals surface area contributed by atoms with Crippen LogP contribution < -0.4 is 10.1 Å². The standard InChI is InChI=1S/C19H21N3O3S/c1-11(2)9-25-19(23)16-12(3)15-17(20-10-21-18(15)26-16)22-13-7-5-6-8-14(13)24-4/h5-8,10-11H,9H2,1-4H3,(H,20,21,22). The van der Waals surface area contributed by atoms with E-state index in [4.69, 9.17) is 9.47 Å². The lowest BCUT2D eigenvalue weighted by molar-refractivity contribution is 0.0464. The number of nitrogens with one attached hydrogen (secondary N) is 1. The Balaban J connectivity index is 1.99. The number of hydrogen-bond acceptors (Lipinski definition) is 7.